The van der Waals surface area contributed by atoms with Gasteiger partial charge in [0.25, 0.3) is 5.91 Å². The van der Waals surface area contributed by atoms with Crippen LogP contribution in [0.1, 0.15) is 27.2 Å². The van der Waals surface area contributed by atoms with E-state index in [1.54, 1.807) is 0 Å². The number of hydrogen-bond acceptors (Lipinski definition) is 3. The molecule has 1 atom stereocenters. The molecule has 1 amide bonds. The molecule has 1 rings (SSSR count). The number of morpholine rings is 1. The van der Waals surface area contributed by atoms with Crippen LogP contribution in [0.15, 0.2) is 0 Å². The van der Waals surface area contributed by atoms with Gasteiger partial charge in [0.1, 0.15) is 6.10 Å². The normalized spacial score (nSPS) is 21.7. The molecule has 0 saturated carbocycles. The van der Waals surface area contributed by atoms with Gasteiger partial charge in [-0.1, -0.05) is 6.92 Å². The third-order valence-electron chi connectivity index (χ3n) is 2.57. The van der Waals surface area contributed by atoms with Crippen molar-refractivity contribution < 1.29 is 9.53 Å². The number of ether oxygens (including phenoxy) is 1. The highest BCUT2D eigenvalue weighted by molar-refractivity contribution is 5.81. The van der Waals surface area contributed by atoms with Crippen molar-refractivity contribution in [3.05, 3.63) is 0 Å². The molecule has 0 aromatic carbocycles. The average Bonchev–Trinajstić information content (AvgIpc) is 2.26. The fraction of sp³-hybridized carbons (Fsp3) is 0.909. The molecule has 88 valence electrons. The molecule has 1 aliphatic rings. The molecule has 1 unspecified atom stereocenters. The summed E-state index contributed by atoms with van der Waals surface area (Å²) >= 11 is 0. The molecule has 15 heavy (non-hydrogen) atoms. The molecule has 1 heterocycles. The first-order valence-corrected chi connectivity index (χ1v) is 5.79. The SMILES string of the molecule is CCCN(C(=O)C1CNCCO1)C(C)C. The van der Waals surface area contributed by atoms with E-state index in [1.807, 2.05) is 18.7 Å². The Hall–Kier alpha value is -0.610. The molecule has 1 aliphatic heterocycles. The Kier molecular flexibility index (Phi) is 5.05. The first-order chi connectivity index (χ1) is 7.16. The van der Waals surface area contributed by atoms with Crippen LogP contribution in [0.5, 0.6) is 0 Å². The van der Waals surface area contributed by atoms with Crippen LogP contribution in [0.4, 0.5) is 0 Å². The van der Waals surface area contributed by atoms with Gasteiger partial charge in [-0.15, -0.1) is 0 Å². The topological polar surface area (TPSA) is 41.6 Å². The summed E-state index contributed by atoms with van der Waals surface area (Å²) in [6, 6.07) is 0.253. The van der Waals surface area contributed by atoms with E-state index in [0.717, 1.165) is 19.5 Å². The smallest absolute Gasteiger partial charge is 0.253 e. The molecule has 1 N–H and O–H groups in total. The maximum Gasteiger partial charge on any atom is 0.253 e. The molecular formula is C11H22N2O2. The Labute approximate surface area is 92.0 Å². The standard InChI is InChI=1S/C11H22N2O2/c1-4-6-13(9(2)3)11(14)10-8-12-5-7-15-10/h9-10,12H,4-8H2,1-3H3. The number of nitrogens with zero attached hydrogens (tertiary/aromatic N) is 1. The number of carbonyl (C=O) groups is 1. The van der Waals surface area contributed by atoms with E-state index in [0.29, 0.717) is 13.2 Å². The van der Waals surface area contributed by atoms with Crippen LogP contribution in [0, 0.1) is 0 Å². The summed E-state index contributed by atoms with van der Waals surface area (Å²) in [4.78, 5) is 14.0. The highest BCUT2D eigenvalue weighted by Gasteiger charge is 2.27. The van der Waals surface area contributed by atoms with Crippen LogP contribution < -0.4 is 5.32 Å². The van der Waals surface area contributed by atoms with Crippen molar-refractivity contribution >= 4 is 5.91 Å². The predicted octanol–water partition coefficient (Wildman–Crippen LogP) is 0.622. The molecule has 0 bridgehead atoms. The molecule has 0 aromatic heterocycles. The van der Waals surface area contributed by atoms with Gasteiger partial charge < -0.3 is 15.0 Å². The van der Waals surface area contributed by atoms with E-state index in [-0.39, 0.29) is 18.1 Å². The summed E-state index contributed by atoms with van der Waals surface area (Å²) in [5.74, 6) is 0.124. The molecule has 4 nitrogen and oxygen atoms in total. The fourth-order valence-electron chi connectivity index (χ4n) is 1.77. The van der Waals surface area contributed by atoms with Crippen LogP contribution in [0.2, 0.25) is 0 Å². The van der Waals surface area contributed by atoms with Crippen molar-refractivity contribution in [1.82, 2.24) is 10.2 Å². The summed E-state index contributed by atoms with van der Waals surface area (Å²) in [6.07, 6.45) is 0.706. The summed E-state index contributed by atoms with van der Waals surface area (Å²) in [7, 11) is 0. The van der Waals surface area contributed by atoms with Crippen molar-refractivity contribution in [3.8, 4) is 0 Å². The van der Waals surface area contributed by atoms with E-state index >= 15 is 0 Å². The lowest BCUT2D eigenvalue weighted by Gasteiger charge is -2.32. The van der Waals surface area contributed by atoms with Crippen molar-refractivity contribution in [1.29, 1.82) is 0 Å². The van der Waals surface area contributed by atoms with Gasteiger partial charge in [-0.2, -0.15) is 0 Å². The third kappa shape index (κ3) is 3.47. The number of amides is 1. The first-order valence-electron chi connectivity index (χ1n) is 5.79. The maximum atomic E-state index is 12.1. The zero-order chi connectivity index (χ0) is 11.3. The number of hydrogen-bond donors (Lipinski definition) is 1. The summed E-state index contributed by atoms with van der Waals surface area (Å²) in [5, 5.41) is 3.18. The molecule has 1 fully saturated rings. The Morgan fingerprint density at radius 1 is 1.60 bits per heavy atom. The zero-order valence-corrected chi connectivity index (χ0v) is 9.95. The molecule has 0 radical (unpaired) electrons. The molecule has 0 aliphatic carbocycles. The lowest BCUT2D eigenvalue weighted by Crippen LogP contribution is -2.51. The van der Waals surface area contributed by atoms with E-state index in [9.17, 15) is 4.79 Å². The molecule has 0 spiro atoms. The number of rotatable bonds is 4. The monoisotopic (exact) mass is 214 g/mol. The summed E-state index contributed by atoms with van der Waals surface area (Å²) in [5.41, 5.74) is 0. The minimum Gasteiger partial charge on any atom is -0.366 e. The van der Waals surface area contributed by atoms with Crippen LogP contribution in [0.3, 0.4) is 0 Å². The molecular weight excluding hydrogens is 192 g/mol. The predicted molar refractivity (Wildman–Crippen MR) is 59.7 cm³/mol. The van der Waals surface area contributed by atoms with Gasteiger partial charge in [0, 0.05) is 25.7 Å². The van der Waals surface area contributed by atoms with Gasteiger partial charge in [-0.05, 0) is 20.3 Å². The zero-order valence-electron chi connectivity index (χ0n) is 9.95. The van der Waals surface area contributed by atoms with Crippen molar-refractivity contribution in [2.45, 2.75) is 39.3 Å². The van der Waals surface area contributed by atoms with E-state index < -0.39 is 0 Å². The minimum absolute atomic E-state index is 0.124. The quantitative estimate of drug-likeness (QED) is 0.746. The maximum absolute atomic E-state index is 12.1. The second kappa shape index (κ2) is 6.08. The largest absolute Gasteiger partial charge is 0.366 e. The first kappa shape index (κ1) is 12.5. The number of carbonyl (C=O) groups excluding carboxylic acids is 1. The van der Waals surface area contributed by atoms with Crippen molar-refractivity contribution in [2.75, 3.05) is 26.2 Å². The van der Waals surface area contributed by atoms with Crippen LogP contribution in [-0.4, -0.2) is 49.2 Å². The second-order valence-corrected chi connectivity index (χ2v) is 4.19. The third-order valence-corrected chi connectivity index (χ3v) is 2.57. The molecule has 0 aromatic rings. The minimum atomic E-state index is -0.285. The highest BCUT2D eigenvalue weighted by Crippen LogP contribution is 2.07. The average molecular weight is 214 g/mol. The summed E-state index contributed by atoms with van der Waals surface area (Å²) < 4.78 is 5.46. The van der Waals surface area contributed by atoms with Gasteiger partial charge in [-0.3, -0.25) is 4.79 Å². The van der Waals surface area contributed by atoms with Gasteiger partial charge in [0.2, 0.25) is 0 Å². The van der Waals surface area contributed by atoms with E-state index in [2.05, 4.69) is 12.2 Å². The second-order valence-electron chi connectivity index (χ2n) is 4.19. The van der Waals surface area contributed by atoms with Gasteiger partial charge in [0.15, 0.2) is 0 Å². The Balaban J connectivity index is 2.53. The van der Waals surface area contributed by atoms with E-state index in [1.165, 1.54) is 0 Å². The van der Waals surface area contributed by atoms with E-state index in [4.69, 9.17) is 4.74 Å². The fourth-order valence-corrected chi connectivity index (χ4v) is 1.77. The lowest BCUT2D eigenvalue weighted by molar-refractivity contribution is -0.147. The Morgan fingerprint density at radius 2 is 2.33 bits per heavy atom. The van der Waals surface area contributed by atoms with Crippen LogP contribution >= 0.6 is 0 Å². The van der Waals surface area contributed by atoms with Crippen LogP contribution in [-0.2, 0) is 9.53 Å². The highest BCUT2D eigenvalue weighted by atomic mass is 16.5. The van der Waals surface area contributed by atoms with Gasteiger partial charge in [0.05, 0.1) is 6.61 Å². The Bertz CT molecular complexity index is 201. The van der Waals surface area contributed by atoms with Crippen LogP contribution in [0.25, 0.3) is 0 Å². The summed E-state index contributed by atoms with van der Waals surface area (Å²) in [6.45, 7) is 9.12. The molecule has 4 heteroatoms. The molecule has 1 saturated heterocycles. The van der Waals surface area contributed by atoms with Gasteiger partial charge in [-0.25, -0.2) is 0 Å². The number of nitrogens with one attached hydrogen (secondary N) is 1. The van der Waals surface area contributed by atoms with Gasteiger partial charge >= 0.3 is 0 Å². The van der Waals surface area contributed by atoms with Crippen molar-refractivity contribution in [2.24, 2.45) is 0 Å². The van der Waals surface area contributed by atoms with Crippen molar-refractivity contribution in [3.63, 3.8) is 0 Å². The Morgan fingerprint density at radius 3 is 2.80 bits per heavy atom. The lowest BCUT2D eigenvalue weighted by atomic mass is 10.2.